The van der Waals surface area contributed by atoms with Crippen LogP contribution in [0.2, 0.25) is 0 Å². The van der Waals surface area contributed by atoms with Crippen molar-refractivity contribution in [3.63, 3.8) is 0 Å². The van der Waals surface area contributed by atoms with E-state index in [1.165, 1.54) is 0 Å². The molecule has 4 heteroatoms. The number of nitrogens with zero attached hydrogens (tertiary/aromatic N) is 1. The number of rotatable bonds is 5. The number of carbonyl (C=O) groups excluding carboxylic acids is 2. The molecule has 0 fully saturated rings. The van der Waals surface area contributed by atoms with Gasteiger partial charge in [0.15, 0.2) is 0 Å². The van der Waals surface area contributed by atoms with Gasteiger partial charge in [-0.05, 0) is 13.8 Å². The molecule has 14 heavy (non-hydrogen) atoms. The molecule has 0 spiro atoms. The molecule has 0 heterocycles. The summed E-state index contributed by atoms with van der Waals surface area (Å²) in [6, 6.07) is 0. The number of hydrogen-bond donors (Lipinski definition) is 1. The van der Waals surface area contributed by atoms with Gasteiger partial charge in [-0.15, -0.1) is 0 Å². The fraction of sp³-hybridized carbons (Fsp3) is 0.500. The largest absolute Gasteiger partial charge is 0.344 e. The molecule has 0 aliphatic carbocycles. The monoisotopic (exact) mass is 196 g/mol. The molecular weight excluding hydrogens is 180 g/mol. The summed E-state index contributed by atoms with van der Waals surface area (Å²) in [4.78, 5) is 26.0. The molecule has 0 radical (unpaired) electrons. The quantitative estimate of drug-likeness (QED) is 0.528. The Labute approximate surface area is 84.1 Å². The van der Waals surface area contributed by atoms with Crippen LogP contribution in [0.5, 0.6) is 0 Å². The highest BCUT2D eigenvalue weighted by Crippen LogP contribution is 1.93. The van der Waals surface area contributed by atoms with Crippen LogP contribution in [0.25, 0.3) is 0 Å². The first kappa shape index (κ1) is 12.6. The topological polar surface area (TPSA) is 58.5 Å². The number of hydrogen-bond acceptors (Lipinski definition) is 3. The van der Waals surface area contributed by atoms with Crippen LogP contribution in [0.1, 0.15) is 27.2 Å². The molecule has 0 rings (SSSR count). The summed E-state index contributed by atoms with van der Waals surface area (Å²) in [6.45, 7) is 5.58. The third-order valence-corrected chi connectivity index (χ3v) is 1.63. The Morgan fingerprint density at radius 3 is 2.43 bits per heavy atom. The average Bonchev–Trinajstić information content (AvgIpc) is 2.22. The maximum Gasteiger partial charge on any atom is 0.287 e. The Morgan fingerprint density at radius 1 is 1.36 bits per heavy atom. The smallest absolute Gasteiger partial charge is 0.287 e. The zero-order chi connectivity index (χ0) is 11.0. The number of aliphatic imine (C=N–C) groups is 1. The van der Waals surface area contributed by atoms with E-state index in [0.717, 1.165) is 5.70 Å². The highest BCUT2D eigenvalue weighted by molar-refractivity contribution is 6.36. The van der Waals surface area contributed by atoms with Crippen molar-refractivity contribution >= 4 is 17.9 Å². The lowest BCUT2D eigenvalue weighted by Crippen LogP contribution is -2.31. The third-order valence-electron chi connectivity index (χ3n) is 1.63. The molecule has 0 aromatic carbocycles. The number of carbonyl (C=O) groups is 2. The molecule has 1 N–H and O–H groups in total. The maximum absolute atomic E-state index is 11.1. The molecule has 0 saturated heterocycles. The zero-order valence-electron chi connectivity index (χ0n) is 8.83. The lowest BCUT2D eigenvalue weighted by Gasteiger charge is -2.02. The van der Waals surface area contributed by atoms with Crippen molar-refractivity contribution in [2.24, 2.45) is 4.99 Å². The predicted octanol–water partition coefficient (Wildman–Crippen LogP) is 1.08. The molecule has 0 aromatic heterocycles. The lowest BCUT2D eigenvalue weighted by molar-refractivity contribution is -0.137. The van der Waals surface area contributed by atoms with Gasteiger partial charge in [0.25, 0.3) is 5.91 Å². The highest BCUT2D eigenvalue weighted by atomic mass is 16.2. The van der Waals surface area contributed by atoms with Crippen molar-refractivity contribution in [1.29, 1.82) is 0 Å². The summed E-state index contributed by atoms with van der Waals surface area (Å²) in [5, 5.41) is 2.50. The van der Waals surface area contributed by atoms with Gasteiger partial charge in [-0.25, -0.2) is 0 Å². The summed E-state index contributed by atoms with van der Waals surface area (Å²) in [6.07, 6.45) is 3.66. The second-order valence-electron chi connectivity index (χ2n) is 2.63. The predicted molar refractivity (Wildman–Crippen MR) is 56.2 cm³/mol. The third kappa shape index (κ3) is 4.54. The molecule has 78 valence electrons. The second kappa shape index (κ2) is 7.00. The van der Waals surface area contributed by atoms with Gasteiger partial charge < -0.3 is 5.32 Å². The molecule has 4 nitrogen and oxygen atoms in total. The molecule has 0 bridgehead atoms. The Bertz CT molecular complexity index is 267. The number of ketones is 1. The van der Waals surface area contributed by atoms with Gasteiger partial charge in [-0.3, -0.25) is 14.6 Å². The standard InChI is InChI=1S/C10H16N2O2/c1-4-8(11-6-3)7-12-10(14)9(13)5-2/h4,6H,5,7H2,1-3H3,(H,12,14)/b8-4-,11-6?. The van der Waals surface area contributed by atoms with E-state index in [4.69, 9.17) is 0 Å². The van der Waals surface area contributed by atoms with E-state index in [1.807, 2.05) is 6.92 Å². The molecule has 0 aliphatic heterocycles. The minimum atomic E-state index is -0.543. The molecule has 1 amide bonds. The second-order valence-corrected chi connectivity index (χ2v) is 2.63. The van der Waals surface area contributed by atoms with Gasteiger partial charge in [0, 0.05) is 12.6 Å². The minimum Gasteiger partial charge on any atom is -0.344 e. The molecule has 0 atom stereocenters. The van der Waals surface area contributed by atoms with Crippen LogP contribution in [-0.4, -0.2) is 24.4 Å². The fourth-order valence-corrected chi connectivity index (χ4v) is 0.818. The van der Waals surface area contributed by atoms with Crippen molar-refractivity contribution in [1.82, 2.24) is 5.32 Å². The summed E-state index contributed by atoms with van der Waals surface area (Å²) in [7, 11) is 0. The van der Waals surface area contributed by atoms with Crippen LogP contribution in [0.3, 0.4) is 0 Å². The highest BCUT2D eigenvalue weighted by Gasteiger charge is 2.09. The fourth-order valence-electron chi connectivity index (χ4n) is 0.818. The van der Waals surface area contributed by atoms with Gasteiger partial charge >= 0.3 is 0 Å². The van der Waals surface area contributed by atoms with Crippen LogP contribution < -0.4 is 5.32 Å². The van der Waals surface area contributed by atoms with Crippen LogP contribution in [0.15, 0.2) is 16.8 Å². The van der Waals surface area contributed by atoms with Gasteiger partial charge in [0.05, 0.1) is 12.2 Å². The number of amides is 1. The van der Waals surface area contributed by atoms with Crippen molar-refractivity contribution in [3.8, 4) is 0 Å². The van der Waals surface area contributed by atoms with Crippen LogP contribution in [0.4, 0.5) is 0 Å². The minimum absolute atomic E-state index is 0.230. The van der Waals surface area contributed by atoms with E-state index in [0.29, 0.717) is 6.54 Å². The normalized spacial score (nSPS) is 11.8. The van der Waals surface area contributed by atoms with Gasteiger partial charge in [-0.1, -0.05) is 13.0 Å². The van der Waals surface area contributed by atoms with Crippen LogP contribution in [0, 0.1) is 0 Å². The van der Waals surface area contributed by atoms with E-state index in [1.54, 1.807) is 26.1 Å². The van der Waals surface area contributed by atoms with E-state index < -0.39 is 11.7 Å². The molecule has 0 aliphatic rings. The van der Waals surface area contributed by atoms with Crippen molar-refractivity contribution in [2.75, 3.05) is 6.54 Å². The van der Waals surface area contributed by atoms with Crippen molar-refractivity contribution in [2.45, 2.75) is 27.2 Å². The Morgan fingerprint density at radius 2 is 2.00 bits per heavy atom. The summed E-state index contributed by atoms with van der Waals surface area (Å²) < 4.78 is 0. The molecular formula is C10H16N2O2. The van der Waals surface area contributed by atoms with Crippen LogP contribution in [-0.2, 0) is 9.59 Å². The Kier molecular flexibility index (Phi) is 6.28. The zero-order valence-corrected chi connectivity index (χ0v) is 8.83. The van der Waals surface area contributed by atoms with E-state index >= 15 is 0 Å². The molecule has 0 aromatic rings. The van der Waals surface area contributed by atoms with Gasteiger partial charge in [-0.2, -0.15) is 0 Å². The van der Waals surface area contributed by atoms with Crippen molar-refractivity contribution in [3.05, 3.63) is 11.8 Å². The lowest BCUT2D eigenvalue weighted by atomic mass is 10.3. The van der Waals surface area contributed by atoms with Crippen molar-refractivity contribution < 1.29 is 9.59 Å². The first-order valence-electron chi connectivity index (χ1n) is 4.60. The van der Waals surface area contributed by atoms with Crippen LogP contribution >= 0.6 is 0 Å². The average molecular weight is 196 g/mol. The van der Waals surface area contributed by atoms with E-state index in [9.17, 15) is 9.59 Å². The summed E-state index contributed by atoms with van der Waals surface area (Å²) in [5.41, 5.74) is 0.741. The Hall–Kier alpha value is -1.45. The molecule has 0 unspecified atom stereocenters. The summed E-state index contributed by atoms with van der Waals surface area (Å²) >= 11 is 0. The maximum atomic E-state index is 11.1. The number of nitrogens with one attached hydrogen (secondary N) is 1. The number of Topliss-reactive ketones (excluding diaryl/α,β-unsaturated/α-hetero) is 1. The first-order valence-corrected chi connectivity index (χ1v) is 4.60. The van der Waals surface area contributed by atoms with E-state index in [2.05, 4.69) is 10.3 Å². The van der Waals surface area contributed by atoms with Gasteiger partial charge in [0.1, 0.15) is 0 Å². The van der Waals surface area contributed by atoms with Gasteiger partial charge in [0.2, 0.25) is 5.78 Å². The van der Waals surface area contributed by atoms with E-state index in [-0.39, 0.29) is 6.42 Å². The Balaban J connectivity index is 4.05. The summed E-state index contributed by atoms with van der Waals surface area (Å²) in [5.74, 6) is -0.945. The first-order chi connectivity index (χ1) is 6.65. The molecule has 0 saturated carbocycles. The number of allylic oxidation sites excluding steroid dienone is 1. The SMILES string of the molecule is CC=N/C(=C\C)CNC(=O)C(=O)CC.